The van der Waals surface area contributed by atoms with Crippen molar-refractivity contribution in [3.8, 4) is 0 Å². The second kappa shape index (κ2) is 7.39. The number of ether oxygens (including phenoxy) is 1. The molecule has 2 atom stereocenters. The summed E-state index contributed by atoms with van der Waals surface area (Å²) in [6, 6.07) is 7.81. The molecule has 1 rings (SSSR count). The molecule has 0 fully saturated rings. The fourth-order valence-corrected chi connectivity index (χ4v) is 1.96. The zero-order valence-electron chi connectivity index (χ0n) is 11.1. The number of rotatable bonds is 6. The third-order valence-electron chi connectivity index (χ3n) is 2.79. The van der Waals surface area contributed by atoms with Crippen LogP contribution < -0.4 is 5.32 Å². The number of esters is 1. The molecule has 0 radical (unpaired) electrons. The molecule has 0 bridgehead atoms. The maximum atomic E-state index is 11.5. The van der Waals surface area contributed by atoms with Crippen LogP contribution in [-0.2, 0) is 9.53 Å². The van der Waals surface area contributed by atoms with Gasteiger partial charge in [0.15, 0.2) is 0 Å². The molecule has 0 aliphatic heterocycles. The molecule has 0 aliphatic rings. The Morgan fingerprint density at radius 1 is 1.39 bits per heavy atom. The number of hydrogen-bond donors (Lipinski definition) is 1. The Morgan fingerprint density at radius 2 is 2.06 bits per heavy atom. The van der Waals surface area contributed by atoms with Crippen molar-refractivity contribution in [3.63, 3.8) is 0 Å². The van der Waals surface area contributed by atoms with Gasteiger partial charge in [-0.25, -0.2) is 0 Å². The number of halogens is 1. The zero-order valence-corrected chi connectivity index (χ0v) is 11.8. The highest BCUT2D eigenvalue weighted by molar-refractivity contribution is 6.31. The molecule has 1 aromatic rings. The predicted molar refractivity (Wildman–Crippen MR) is 73.7 cm³/mol. The minimum Gasteiger partial charge on any atom is -0.466 e. The van der Waals surface area contributed by atoms with Gasteiger partial charge in [-0.2, -0.15) is 0 Å². The van der Waals surface area contributed by atoms with Gasteiger partial charge in [0.05, 0.1) is 12.5 Å². The van der Waals surface area contributed by atoms with Gasteiger partial charge in [0.25, 0.3) is 0 Å². The predicted octanol–water partition coefficient (Wildman–Crippen LogP) is 3.19. The molecular weight excluding hydrogens is 250 g/mol. The van der Waals surface area contributed by atoms with Crippen LogP contribution in [0.2, 0.25) is 5.02 Å². The molecule has 1 aromatic carbocycles. The van der Waals surface area contributed by atoms with Crippen molar-refractivity contribution in [1.29, 1.82) is 0 Å². The summed E-state index contributed by atoms with van der Waals surface area (Å²) in [6.07, 6.45) is 0. The number of hydrogen-bond acceptors (Lipinski definition) is 3. The van der Waals surface area contributed by atoms with Gasteiger partial charge in [-0.1, -0.05) is 36.7 Å². The Balaban J connectivity index is 2.49. The van der Waals surface area contributed by atoms with Gasteiger partial charge < -0.3 is 10.1 Å². The van der Waals surface area contributed by atoms with Gasteiger partial charge in [-0.15, -0.1) is 0 Å². The Hall–Kier alpha value is -1.06. The first-order chi connectivity index (χ1) is 8.56. The van der Waals surface area contributed by atoms with Crippen LogP contribution in [-0.4, -0.2) is 19.1 Å². The van der Waals surface area contributed by atoms with Crippen LogP contribution in [0.5, 0.6) is 0 Å². The largest absolute Gasteiger partial charge is 0.466 e. The molecule has 18 heavy (non-hydrogen) atoms. The topological polar surface area (TPSA) is 38.3 Å². The molecule has 0 heterocycles. The van der Waals surface area contributed by atoms with E-state index >= 15 is 0 Å². The molecule has 100 valence electrons. The van der Waals surface area contributed by atoms with E-state index in [9.17, 15) is 4.79 Å². The molecule has 0 amide bonds. The van der Waals surface area contributed by atoms with Crippen molar-refractivity contribution in [2.24, 2.45) is 5.92 Å². The van der Waals surface area contributed by atoms with Crippen LogP contribution in [0, 0.1) is 5.92 Å². The third kappa shape index (κ3) is 4.31. The van der Waals surface area contributed by atoms with E-state index in [1.165, 1.54) is 0 Å². The highest BCUT2D eigenvalue weighted by atomic mass is 35.5. The molecule has 0 saturated carbocycles. The lowest BCUT2D eigenvalue weighted by Gasteiger charge is -2.18. The molecule has 4 heteroatoms. The summed E-state index contributed by atoms with van der Waals surface area (Å²) in [7, 11) is 0. The van der Waals surface area contributed by atoms with Crippen molar-refractivity contribution in [3.05, 3.63) is 34.9 Å². The summed E-state index contributed by atoms with van der Waals surface area (Å²) in [5.41, 5.74) is 1.04. The van der Waals surface area contributed by atoms with Crippen LogP contribution in [0.15, 0.2) is 24.3 Å². The van der Waals surface area contributed by atoms with E-state index in [-0.39, 0.29) is 17.9 Å². The summed E-state index contributed by atoms with van der Waals surface area (Å²) in [5, 5.41) is 4.03. The van der Waals surface area contributed by atoms with Crippen molar-refractivity contribution in [2.45, 2.75) is 26.8 Å². The Morgan fingerprint density at radius 3 is 2.67 bits per heavy atom. The summed E-state index contributed by atoms with van der Waals surface area (Å²) in [6.45, 7) is 6.68. The fraction of sp³-hybridized carbons (Fsp3) is 0.500. The van der Waals surface area contributed by atoms with Gasteiger partial charge in [0.2, 0.25) is 0 Å². The summed E-state index contributed by atoms with van der Waals surface area (Å²) >= 11 is 6.12. The van der Waals surface area contributed by atoms with Crippen molar-refractivity contribution in [2.75, 3.05) is 13.2 Å². The minimum absolute atomic E-state index is 0.107. The van der Waals surface area contributed by atoms with Crippen molar-refractivity contribution < 1.29 is 9.53 Å². The Bertz CT molecular complexity index is 395. The lowest BCUT2D eigenvalue weighted by atomic mass is 10.1. The lowest BCUT2D eigenvalue weighted by Crippen LogP contribution is -2.29. The van der Waals surface area contributed by atoms with E-state index < -0.39 is 0 Å². The van der Waals surface area contributed by atoms with Crippen molar-refractivity contribution in [1.82, 2.24) is 5.32 Å². The van der Waals surface area contributed by atoms with Crippen LogP contribution in [0.4, 0.5) is 0 Å². The van der Waals surface area contributed by atoms with Gasteiger partial charge in [0.1, 0.15) is 0 Å². The number of nitrogens with one attached hydrogen (secondary N) is 1. The molecule has 3 nitrogen and oxygen atoms in total. The first-order valence-electron chi connectivity index (χ1n) is 6.20. The molecule has 0 aliphatic carbocycles. The number of benzene rings is 1. The van der Waals surface area contributed by atoms with Gasteiger partial charge in [0, 0.05) is 17.6 Å². The molecule has 0 saturated heterocycles. The van der Waals surface area contributed by atoms with Gasteiger partial charge in [-0.05, 0) is 25.5 Å². The normalized spacial score (nSPS) is 14.0. The quantitative estimate of drug-likeness (QED) is 0.806. The highest BCUT2D eigenvalue weighted by Gasteiger charge is 2.16. The average Bonchev–Trinajstić information content (AvgIpc) is 2.36. The van der Waals surface area contributed by atoms with Crippen LogP contribution in [0.1, 0.15) is 32.4 Å². The minimum atomic E-state index is -0.170. The first-order valence-corrected chi connectivity index (χ1v) is 6.58. The second-order valence-electron chi connectivity index (χ2n) is 4.30. The lowest BCUT2D eigenvalue weighted by molar-refractivity contribution is -0.147. The smallest absolute Gasteiger partial charge is 0.309 e. The van der Waals surface area contributed by atoms with E-state index in [4.69, 9.17) is 16.3 Å². The molecular formula is C14H20ClNO2. The standard InChI is InChI=1S/C14H20ClNO2/c1-4-18-14(17)10(2)9-16-11(3)12-7-5-6-8-13(12)15/h5-8,10-11,16H,4,9H2,1-3H3/t10?,11-/m1/s1. The van der Waals surface area contributed by atoms with E-state index in [2.05, 4.69) is 5.32 Å². The first kappa shape index (κ1) is 15.0. The van der Waals surface area contributed by atoms with Crippen LogP contribution in [0.3, 0.4) is 0 Å². The maximum absolute atomic E-state index is 11.5. The van der Waals surface area contributed by atoms with Gasteiger partial charge in [-0.3, -0.25) is 4.79 Å². The van der Waals surface area contributed by atoms with Crippen molar-refractivity contribution >= 4 is 17.6 Å². The van der Waals surface area contributed by atoms with Crippen LogP contribution in [0.25, 0.3) is 0 Å². The van der Waals surface area contributed by atoms with E-state index in [1.807, 2.05) is 45.0 Å². The Labute approximate surface area is 113 Å². The van der Waals surface area contributed by atoms with Gasteiger partial charge >= 0.3 is 5.97 Å². The zero-order chi connectivity index (χ0) is 13.5. The monoisotopic (exact) mass is 269 g/mol. The van der Waals surface area contributed by atoms with E-state index in [0.29, 0.717) is 13.2 Å². The number of carbonyl (C=O) groups is 1. The number of carbonyl (C=O) groups excluding carboxylic acids is 1. The summed E-state index contributed by atoms with van der Waals surface area (Å²) < 4.78 is 4.96. The molecule has 1 N–H and O–H groups in total. The SMILES string of the molecule is CCOC(=O)C(C)CN[C@H](C)c1ccccc1Cl. The molecule has 0 aromatic heterocycles. The molecule has 0 spiro atoms. The fourth-order valence-electron chi connectivity index (χ4n) is 1.66. The average molecular weight is 270 g/mol. The van der Waals surface area contributed by atoms with E-state index in [0.717, 1.165) is 10.6 Å². The van der Waals surface area contributed by atoms with Crippen LogP contribution >= 0.6 is 11.6 Å². The summed E-state index contributed by atoms with van der Waals surface area (Å²) in [5.74, 6) is -0.328. The van der Waals surface area contributed by atoms with E-state index in [1.54, 1.807) is 0 Å². The third-order valence-corrected chi connectivity index (χ3v) is 3.14. The molecule has 1 unspecified atom stereocenters. The Kier molecular flexibility index (Phi) is 6.16. The second-order valence-corrected chi connectivity index (χ2v) is 4.71. The summed E-state index contributed by atoms with van der Waals surface area (Å²) in [4.78, 5) is 11.5. The highest BCUT2D eigenvalue weighted by Crippen LogP contribution is 2.22. The maximum Gasteiger partial charge on any atom is 0.309 e.